The zero-order chi connectivity index (χ0) is 19.9. The minimum atomic E-state index is -3.79. The first-order valence-electron chi connectivity index (χ1n) is 9.02. The van der Waals surface area contributed by atoms with Crippen molar-refractivity contribution in [2.24, 2.45) is 0 Å². The van der Waals surface area contributed by atoms with Crippen molar-refractivity contribution < 1.29 is 13.2 Å². The Labute approximate surface area is 161 Å². The van der Waals surface area contributed by atoms with Crippen molar-refractivity contribution in [2.45, 2.75) is 32.1 Å². The van der Waals surface area contributed by atoms with Gasteiger partial charge in [0.25, 0.3) is 15.9 Å². The van der Waals surface area contributed by atoms with E-state index in [1.54, 1.807) is 31.2 Å². The van der Waals surface area contributed by atoms with Gasteiger partial charge < -0.3 is 10.6 Å². The lowest BCUT2D eigenvalue weighted by Gasteiger charge is -2.12. The normalized spacial score (nSPS) is 11.2. The fraction of sp³-hybridized carbons (Fsp3) is 0.350. The number of nitrogens with one attached hydrogen (secondary N) is 3. The van der Waals surface area contributed by atoms with E-state index in [2.05, 4.69) is 22.3 Å². The largest absolute Gasteiger partial charge is 0.351 e. The summed E-state index contributed by atoms with van der Waals surface area (Å²) in [5.41, 5.74) is 2.43. The Balaban J connectivity index is 2.13. The standard InChI is InChI=1S/C20H27N3O3S/c1-4-11-21-12-13-22-20(24)17-8-7-16(3)19(14-17)27(25,26)23-18-9-5-15(2)6-10-18/h5-10,14,21,23H,4,11-13H2,1-3H3,(H,22,24). The van der Waals surface area contributed by atoms with E-state index in [-0.39, 0.29) is 10.8 Å². The van der Waals surface area contributed by atoms with Gasteiger partial charge in [0.1, 0.15) is 0 Å². The van der Waals surface area contributed by atoms with Crippen LogP contribution in [0.1, 0.15) is 34.8 Å². The number of amides is 1. The summed E-state index contributed by atoms with van der Waals surface area (Å²) in [6.45, 7) is 7.77. The molecule has 0 aliphatic rings. The van der Waals surface area contributed by atoms with Crippen molar-refractivity contribution in [1.29, 1.82) is 0 Å². The number of hydrogen-bond donors (Lipinski definition) is 3. The molecule has 7 heteroatoms. The highest BCUT2D eigenvalue weighted by molar-refractivity contribution is 7.92. The highest BCUT2D eigenvalue weighted by atomic mass is 32.2. The Hall–Kier alpha value is -2.38. The van der Waals surface area contributed by atoms with E-state index in [0.717, 1.165) is 18.5 Å². The van der Waals surface area contributed by atoms with Crippen LogP contribution in [0.15, 0.2) is 47.4 Å². The average Bonchev–Trinajstić information content (AvgIpc) is 2.63. The molecule has 146 valence electrons. The number of aryl methyl sites for hydroxylation is 2. The van der Waals surface area contributed by atoms with Crippen LogP contribution in [0, 0.1) is 13.8 Å². The molecule has 2 rings (SSSR count). The van der Waals surface area contributed by atoms with Gasteiger partial charge in [-0.1, -0.05) is 30.7 Å². The molecule has 0 bridgehead atoms. The summed E-state index contributed by atoms with van der Waals surface area (Å²) in [7, 11) is -3.79. The van der Waals surface area contributed by atoms with Crippen molar-refractivity contribution in [3.05, 3.63) is 59.2 Å². The van der Waals surface area contributed by atoms with Crippen molar-refractivity contribution in [2.75, 3.05) is 24.4 Å². The maximum Gasteiger partial charge on any atom is 0.262 e. The zero-order valence-electron chi connectivity index (χ0n) is 16.0. The van der Waals surface area contributed by atoms with E-state index in [9.17, 15) is 13.2 Å². The minimum absolute atomic E-state index is 0.0971. The molecule has 0 unspecified atom stereocenters. The van der Waals surface area contributed by atoms with E-state index in [0.29, 0.717) is 29.9 Å². The lowest BCUT2D eigenvalue weighted by Crippen LogP contribution is -2.32. The molecule has 0 heterocycles. The third kappa shape index (κ3) is 6.08. The van der Waals surface area contributed by atoms with Crippen LogP contribution in [0.25, 0.3) is 0 Å². The first kappa shape index (κ1) is 20.9. The summed E-state index contributed by atoms with van der Waals surface area (Å²) in [4.78, 5) is 12.4. The van der Waals surface area contributed by atoms with Gasteiger partial charge in [-0.3, -0.25) is 9.52 Å². The van der Waals surface area contributed by atoms with Crippen molar-refractivity contribution in [1.82, 2.24) is 10.6 Å². The lowest BCUT2D eigenvalue weighted by molar-refractivity contribution is 0.0953. The van der Waals surface area contributed by atoms with Gasteiger partial charge in [0.15, 0.2) is 0 Å². The first-order chi connectivity index (χ1) is 12.8. The Morgan fingerprint density at radius 1 is 0.963 bits per heavy atom. The fourth-order valence-corrected chi connectivity index (χ4v) is 3.86. The lowest BCUT2D eigenvalue weighted by atomic mass is 10.1. The molecule has 0 saturated heterocycles. The maximum absolute atomic E-state index is 12.8. The van der Waals surface area contributed by atoms with Gasteiger partial charge in [-0.15, -0.1) is 0 Å². The maximum atomic E-state index is 12.8. The molecule has 1 amide bonds. The Morgan fingerprint density at radius 3 is 2.33 bits per heavy atom. The topological polar surface area (TPSA) is 87.3 Å². The molecule has 0 aromatic heterocycles. The molecule has 2 aromatic rings. The Morgan fingerprint density at radius 2 is 1.67 bits per heavy atom. The summed E-state index contributed by atoms with van der Waals surface area (Å²) in [5, 5.41) is 5.99. The summed E-state index contributed by atoms with van der Waals surface area (Å²) in [5.74, 6) is -0.292. The van der Waals surface area contributed by atoms with Crippen LogP contribution in [-0.2, 0) is 10.0 Å². The molecular formula is C20H27N3O3S. The van der Waals surface area contributed by atoms with Crippen LogP contribution < -0.4 is 15.4 Å². The second kappa shape index (κ2) is 9.53. The first-order valence-corrected chi connectivity index (χ1v) is 10.5. The molecule has 0 radical (unpaired) electrons. The molecule has 2 aromatic carbocycles. The number of hydrogen-bond acceptors (Lipinski definition) is 4. The zero-order valence-corrected chi connectivity index (χ0v) is 16.8. The highest BCUT2D eigenvalue weighted by Crippen LogP contribution is 2.21. The van der Waals surface area contributed by atoms with Gasteiger partial charge in [0.2, 0.25) is 0 Å². The monoisotopic (exact) mass is 389 g/mol. The molecule has 27 heavy (non-hydrogen) atoms. The number of anilines is 1. The van der Waals surface area contributed by atoms with Crippen LogP contribution in [0.4, 0.5) is 5.69 Å². The third-order valence-electron chi connectivity index (χ3n) is 4.06. The number of rotatable bonds is 9. The van der Waals surface area contributed by atoms with E-state index in [4.69, 9.17) is 0 Å². The summed E-state index contributed by atoms with van der Waals surface area (Å²) >= 11 is 0. The van der Waals surface area contributed by atoms with Gasteiger partial charge in [-0.05, 0) is 56.6 Å². The molecule has 3 N–H and O–H groups in total. The van der Waals surface area contributed by atoms with E-state index in [1.165, 1.54) is 6.07 Å². The molecule has 6 nitrogen and oxygen atoms in total. The fourth-order valence-electron chi connectivity index (χ4n) is 2.53. The third-order valence-corrected chi connectivity index (χ3v) is 5.58. The minimum Gasteiger partial charge on any atom is -0.351 e. The van der Waals surface area contributed by atoms with Gasteiger partial charge in [-0.2, -0.15) is 0 Å². The average molecular weight is 390 g/mol. The van der Waals surface area contributed by atoms with Crippen molar-refractivity contribution in [3.63, 3.8) is 0 Å². The quantitative estimate of drug-likeness (QED) is 0.576. The van der Waals surface area contributed by atoms with Crippen LogP contribution in [-0.4, -0.2) is 34.0 Å². The van der Waals surface area contributed by atoms with E-state index in [1.807, 2.05) is 19.1 Å². The van der Waals surface area contributed by atoms with E-state index < -0.39 is 10.0 Å². The van der Waals surface area contributed by atoms with Gasteiger partial charge >= 0.3 is 0 Å². The van der Waals surface area contributed by atoms with Crippen molar-refractivity contribution >= 4 is 21.6 Å². The summed E-state index contributed by atoms with van der Waals surface area (Å²) in [6.07, 6.45) is 1.03. The number of benzene rings is 2. The Bertz CT molecular complexity index is 878. The predicted octanol–water partition coefficient (Wildman–Crippen LogP) is 2.83. The molecule has 0 saturated carbocycles. The SMILES string of the molecule is CCCNCCNC(=O)c1ccc(C)c(S(=O)(=O)Nc2ccc(C)cc2)c1. The summed E-state index contributed by atoms with van der Waals surface area (Å²) in [6, 6.07) is 11.8. The van der Waals surface area contributed by atoms with Gasteiger partial charge in [-0.25, -0.2) is 8.42 Å². The number of sulfonamides is 1. The molecule has 0 aliphatic heterocycles. The van der Waals surface area contributed by atoms with Gasteiger partial charge in [0.05, 0.1) is 4.90 Å². The number of carbonyl (C=O) groups is 1. The predicted molar refractivity (Wildman–Crippen MR) is 109 cm³/mol. The van der Waals surface area contributed by atoms with Crippen LogP contribution in [0.5, 0.6) is 0 Å². The van der Waals surface area contributed by atoms with Crippen LogP contribution >= 0.6 is 0 Å². The summed E-state index contributed by atoms with van der Waals surface area (Å²) < 4.78 is 28.1. The highest BCUT2D eigenvalue weighted by Gasteiger charge is 2.19. The molecular weight excluding hydrogens is 362 g/mol. The Kier molecular flexibility index (Phi) is 7.38. The second-order valence-electron chi connectivity index (χ2n) is 6.46. The molecule has 0 aliphatic carbocycles. The molecule has 0 fully saturated rings. The molecule has 0 spiro atoms. The van der Waals surface area contributed by atoms with Crippen LogP contribution in [0.2, 0.25) is 0 Å². The molecule has 0 atom stereocenters. The van der Waals surface area contributed by atoms with Crippen molar-refractivity contribution in [3.8, 4) is 0 Å². The number of carbonyl (C=O) groups excluding carboxylic acids is 1. The van der Waals surface area contributed by atoms with E-state index >= 15 is 0 Å². The smallest absolute Gasteiger partial charge is 0.262 e. The second-order valence-corrected chi connectivity index (χ2v) is 8.11. The van der Waals surface area contributed by atoms with Gasteiger partial charge in [0, 0.05) is 24.3 Å². The van der Waals surface area contributed by atoms with Crippen LogP contribution in [0.3, 0.4) is 0 Å².